The summed E-state index contributed by atoms with van der Waals surface area (Å²) in [6.45, 7) is 0. The van der Waals surface area contributed by atoms with E-state index in [1.165, 1.54) is 7.05 Å². The summed E-state index contributed by atoms with van der Waals surface area (Å²) >= 11 is 0. The summed E-state index contributed by atoms with van der Waals surface area (Å²) < 4.78 is 40.4. The number of hydrogen-bond donors (Lipinski definition) is 1. The first-order valence-corrected chi connectivity index (χ1v) is 4.29. The summed E-state index contributed by atoms with van der Waals surface area (Å²) in [6, 6.07) is 0.678. The van der Waals surface area contributed by atoms with Gasteiger partial charge in [-0.05, 0) is 6.07 Å². The number of aromatic nitrogens is 1. The molecule has 0 aliphatic carbocycles. The smallest absolute Gasteiger partial charge is 0.337 e. The molecule has 0 saturated carbocycles. The molecule has 0 fully saturated rings. The SMILES string of the molecule is Cn1cc(C(=O)O)c2cc(F)c(F)c(F)c21. The molecule has 1 heterocycles. The van der Waals surface area contributed by atoms with Gasteiger partial charge in [0.2, 0.25) is 0 Å². The van der Waals surface area contributed by atoms with Crippen LogP contribution in [0.4, 0.5) is 13.2 Å². The minimum atomic E-state index is -1.61. The van der Waals surface area contributed by atoms with Gasteiger partial charge in [0.05, 0.1) is 11.1 Å². The van der Waals surface area contributed by atoms with Crippen molar-refractivity contribution in [3.63, 3.8) is 0 Å². The Hall–Kier alpha value is -1.98. The average molecular weight is 229 g/mol. The second kappa shape index (κ2) is 3.26. The minimum absolute atomic E-state index is 0.161. The molecule has 0 aliphatic heterocycles. The molecular weight excluding hydrogens is 223 g/mol. The van der Waals surface area contributed by atoms with Crippen LogP contribution >= 0.6 is 0 Å². The zero-order valence-corrected chi connectivity index (χ0v) is 8.09. The third kappa shape index (κ3) is 1.26. The van der Waals surface area contributed by atoms with Crippen molar-refractivity contribution < 1.29 is 23.1 Å². The van der Waals surface area contributed by atoms with Gasteiger partial charge in [0.15, 0.2) is 17.5 Å². The maximum Gasteiger partial charge on any atom is 0.337 e. The molecule has 0 aliphatic rings. The number of nitrogens with zero attached hydrogens (tertiary/aromatic N) is 1. The highest BCUT2D eigenvalue weighted by Gasteiger charge is 2.21. The number of rotatable bonds is 1. The second-order valence-electron chi connectivity index (χ2n) is 3.34. The number of benzene rings is 1. The third-order valence-electron chi connectivity index (χ3n) is 2.33. The molecular formula is C10H6F3NO2. The Bertz CT molecular complexity index is 604. The van der Waals surface area contributed by atoms with Crippen LogP contribution in [0.5, 0.6) is 0 Å². The van der Waals surface area contributed by atoms with Crippen LogP contribution in [-0.2, 0) is 7.05 Å². The van der Waals surface area contributed by atoms with Crippen LogP contribution in [0.15, 0.2) is 12.3 Å². The molecule has 2 rings (SSSR count). The van der Waals surface area contributed by atoms with Crippen molar-refractivity contribution in [3.05, 3.63) is 35.3 Å². The van der Waals surface area contributed by atoms with Crippen molar-refractivity contribution in [2.75, 3.05) is 0 Å². The van der Waals surface area contributed by atoms with E-state index < -0.39 is 23.4 Å². The van der Waals surface area contributed by atoms with Crippen molar-refractivity contribution in [1.82, 2.24) is 4.57 Å². The second-order valence-corrected chi connectivity index (χ2v) is 3.34. The van der Waals surface area contributed by atoms with E-state index in [9.17, 15) is 18.0 Å². The Kier molecular flexibility index (Phi) is 2.15. The lowest BCUT2D eigenvalue weighted by atomic mass is 10.1. The lowest BCUT2D eigenvalue weighted by Gasteiger charge is -2.00. The van der Waals surface area contributed by atoms with Crippen LogP contribution < -0.4 is 0 Å². The number of halogens is 3. The lowest BCUT2D eigenvalue weighted by Crippen LogP contribution is -1.96. The summed E-state index contributed by atoms with van der Waals surface area (Å²) in [6.07, 6.45) is 1.11. The Morgan fingerprint density at radius 3 is 2.50 bits per heavy atom. The van der Waals surface area contributed by atoms with E-state index in [2.05, 4.69) is 0 Å². The standard InChI is InChI=1S/C10H6F3NO2/c1-14-3-5(10(15)16)4-2-6(11)7(12)8(13)9(4)14/h2-3H,1H3,(H,15,16). The number of carboxylic acid groups (broad SMARTS) is 1. The quantitative estimate of drug-likeness (QED) is 0.762. The highest BCUT2D eigenvalue weighted by atomic mass is 19.2. The van der Waals surface area contributed by atoms with Gasteiger partial charge in [-0.3, -0.25) is 0 Å². The Morgan fingerprint density at radius 1 is 1.31 bits per heavy atom. The summed E-state index contributed by atoms with van der Waals surface area (Å²) in [4.78, 5) is 10.8. The van der Waals surface area contributed by atoms with Crippen LogP contribution in [0.3, 0.4) is 0 Å². The zero-order chi connectivity index (χ0) is 12.0. The first-order valence-electron chi connectivity index (χ1n) is 4.29. The molecule has 16 heavy (non-hydrogen) atoms. The van der Waals surface area contributed by atoms with E-state index in [0.29, 0.717) is 6.07 Å². The predicted octanol–water partition coefficient (Wildman–Crippen LogP) is 2.29. The van der Waals surface area contributed by atoms with Gasteiger partial charge in [0.25, 0.3) is 0 Å². The van der Waals surface area contributed by atoms with E-state index in [0.717, 1.165) is 10.8 Å². The van der Waals surface area contributed by atoms with Crippen LogP contribution in [0.2, 0.25) is 0 Å². The molecule has 1 N–H and O–H groups in total. The largest absolute Gasteiger partial charge is 0.478 e. The Labute approximate surface area is 87.7 Å². The molecule has 84 valence electrons. The van der Waals surface area contributed by atoms with Gasteiger partial charge in [0.1, 0.15) is 0 Å². The van der Waals surface area contributed by atoms with Gasteiger partial charge < -0.3 is 9.67 Å². The molecule has 1 aromatic carbocycles. The summed E-state index contributed by atoms with van der Waals surface area (Å²) in [7, 11) is 1.36. The van der Waals surface area contributed by atoms with E-state index in [1.54, 1.807) is 0 Å². The van der Waals surface area contributed by atoms with Crippen LogP contribution in [0, 0.1) is 17.5 Å². The molecule has 6 heteroatoms. The molecule has 0 unspecified atom stereocenters. The topological polar surface area (TPSA) is 42.2 Å². The Morgan fingerprint density at radius 2 is 1.94 bits per heavy atom. The number of aryl methyl sites for hydroxylation is 1. The molecule has 2 aromatic rings. The molecule has 0 saturated heterocycles. The van der Waals surface area contributed by atoms with Crippen molar-refractivity contribution in [2.24, 2.45) is 7.05 Å². The summed E-state index contributed by atoms with van der Waals surface area (Å²) in [5.74, 6) is -5.72. The molecule has 1 aromatic heterocycles. The monoisotopic (exact) mass is 229 g/mol. The van der Waals surface area contributed by atoms with E-state index in [1.807, 2.05) is 0 Å². The van der Waals surface area contributed by atoms with Crippen molar-refractivity contribution >= 4 is 16.9 Å². The van der Waals surface area contributed by atoms with Crippen molar-refractivity contribution in [2.45, 2.75) is 0 Å². The third-order valence-corrected chi connectivity index (χ3v) is 2.33. The molecule has 0 atom stereocenters. The number of aromatic carboxylic acids is 1. The van der Waals surface area contributed by atoms with Gasteiger partial charge in [-0.25, -0.2) is 18.0 Å². The van der Waals surface area contributed by atoms with Gasteiger partial charge in [-0.2, -0.15) is 0 Å². The number of fused-ring (bicyclic) bond motifs is 1. The van der Waals surface area contributed by atoms with Crippen molar-refractivity contribution in [1.29, 1.82) is 0 Å². The maximum absolute atomic E-state index is 13.4. The molecule has 0 radical (unpaired) electrons. The fourth-order valence-corrected chi connectivity index (χ4v) is 1.63. The van der Waals surface area contributed by atoms with Crippen LogP contribution in [0.1, 0.15) is 10.4 Å². The number of hydrogen-bond acceptors (Lipinski definition) is 1. The number of carboxylic acids is 1. The van der Waals surface area contributed by atoms with Gasteiger partial charge in [-0.15, -0.1) is 0 Å². The first-order chi connectivity index (χ1) is 7.43. The van der Waals surface area contributed by atoms with E-state index in [-0.39, 0.29) is 16.5 Å². The average Bonchev–Trinajstić information content (AvgIpc) is 2.52. The zero-order valence-electron chi connectivity index (χ0n) is 8.09. The van der Waals surface area contributed by atoms with Gasteiger partial charge >= 0.3 is 5.97 Å². The number of carbonyl (C=O) groups is 1. The van der Waals surface area contributed by atoms with Gasteiger partial charge in [0, 0.05) is 18.6 Å². The van der Waals surface area contributed by atoms with Crippen LogP contribution in [-0.4, -0.2) is 15.6 Å². The normalized spacial score (nSPS) is 11.0. The predicted molar refractivity (Wildman–Crippen MR) is 49.8 cm³/mol. The fraction of sp³-hybridized carbons (Fsp3) is 0.100. The highest BCUT2D eigenvalue weighted by Crippen LogP contribution is 2.26. The van der Waals surface area contributed by atoms with E-state index in [4.69, 9.17) is 5.11 Å². The summed E-state index contributed by atoms with van der Waals surface area (Å²) in [5.41, 5.74) is -0.536. The molecule has 0 spiro atoms. The van der Waals surface area contributed by atoms with Crippen molar-refractivity contribution in [3.8, 4) is 0 Å². The first kappa shape index (κ1) is 10.5. The summed E-state index contributed by atoms with van der Waals surface area (Å²) in [5, 5.41) is 8.63. The molecule has 3 nitrogen and oxygen atoms in total. The fourth-order valence-electron chi connectivity index (χ4n) is 1.63. The van der Waals surface area contributed by atoms with Gasteiger partial charge in [-0.1, -0.05) is 0 Å². The lowest BCUT2D eigenvalue weighted by molar-refractivity contribution is 0.0699. The molecule has 0 amide bonds. The maximum atomic E-state index is 13.4. The highest BCUT2D eigenvalue weighted by molar-refractivity contribution is 6.03. The van der Waals surface area contributed by atoms with Crippen LogP contribution in [0.25, 0.3) is 10.9 Å². The van der Waals surface area contributed by atoms with E-state index >= 15 is 0 Å². The molecule has 0 bridgehead atoms. The Balaban J connectivity index is 2.97. The minimum Gasteiger partial charge on any atom is -0.478 e.